The second-order valence-corrected chi connectivity index (χ2v) is 6.46. The van der Waals surface area contributed by atoms with Crippen LogP contribution in [-0.4, -0.2) is 41.1 Å². The molecule has 1 N–H and O–H groups in total. The largest absolute Gasteiger partial charge is 0.490 e. The molecule has 5 nitrogen and oxygen atoms in total. The third-order valence-corrected chi connectivity index (χ3v) is 4.42. The van der Waals surface area contributed by atoms with Crippen LogP contribution in [0.15, 0.2) is 42.5 Å². The second kappa shape index (κ2) is 7.56. The highest BCUT2D eigenvalue weighted by atomic mass is 19.1. The van der Waals surface area contributed by atoms with Gasteiger partial charge in [-0.1, -0.05) is 0 Å². The summed E-state index contributed by atoms with van der Waals surface area (Å²) in [6, 6.07) is 10.5. The molecule has 1 heterocycles. The van der Waals surface area contributed by atoms with E-state index in [9.17, 15) is 14.0 Å². The molecule has 0 aliphatic carbocycles. The van der Waals surface area contributed by atoms with Crippen LogP contribution in [0.2, 0.25) is 0 Å². The van der Waals surface area contributed by atoms with Gasteiger partial charge in [0.2, 0.25) is 0 Å². The highest BCUT2D eigenvalue weighted by molar-refractivity contribution is 5.97. The van der Waals surface area contributed by atoms with E-state index in [2.05, 4.69) is 0 Å². The molecule has 136 valence electrons. The van der Waals surface area contributed by atoms with Crippen LogP contribution in [0.5, 0.6) is 5.75 Å². The van der Waals surface area contributed by atoms with Crippen molar-refractivity contribution in [1.29, 1.82) is 0 Å². The van der Waals surface area contributed by atoms with Crippen LogP contribution in [0.4, 0.5) is 4.39 Å². The zero-order chi connectivity index (χ0) is 18.7. The summed E-state index contributed by atoms with van der Waals surface area (Å²) in [6.07, 6.45) is 1.30. The summed E-state index contributed by atoms with van der Waals surface area (Å²) in [6.45, 7) is 2.83. The molecule has 6 heteroatoms. The van der Waals surface area contributed by atoms with Gasteiger partial charge in [0.15, 0.2) is 0 Å². The number of piperidine rings is 1. The van der Waals surface area contributed by atoms with E-state index >= 15 is 0 Å². The number of halogens is 1. The lowest BCUT2D eigenvalue weighted by atomic mass is 10.0. The zero-order valence-electron chi connectivity index (χ0n) is 14.4. The maximum absolute atomic E-state index is 12.9. The van der Waals surface area contributed by atoms with E-state index in [1.54, 1.807) is 36.1 Å². The fourth-order valence-electron chi connectivity index (χ4n) is 3.09. The van der Waals surface area contributed by atoms with Crippen molar-refractivity contribution in [2.24, 2.45) is 0 Å². The summed E-state index contributed by atoms with van der Waals surface area (Å²) in [5.74, 6) is -0.914. The summed E-state index contributed by atoms with van der Waals surface area (Å²) < 4.78 is 18.8. The van der Waals surface area contributed by atoms with Crippen molar-refractivity contribution >= 4 is 11.9 Å². The van der Waals surface area contributed by atoms with Crippen LogP contribution in [0.3, 0.4) is 0 Å². The summed E-state index contributed by atoms with van der Waals surface area (Å²) in [7, 11) is 0. The Kier molecular flexibility index (Phi) is 5.21. The minimum atomic E-state index is -1.05. The molecule has 0 radical (unpaired) electrons. The average molecular weight is 357 g/mol. The molecule has 1 aliphatic heterocycles. The molecule has 1 aliphatic rings. The van der Waals surface area contributed by atoms with Crippen LogP contribution in [0.25, 0.3) is 0 Å². The zero-order valence-corrected chi connectivity index (χ0v) is 14.4. The first-order valence-electron chi connectivity index (χ1n) is 8.49. The summed E-state index contributed by atoms with van der Waals surface area (Å²) >= 11 is 0. The normalized spacial score (nSPS) is 14.9. The predicted molar refractivity (Wildman–Crippen MR) is 94.1 cm³/mol. The van der Waals surface area contributed by atoms with E-state index in [1.807, 2.05) is 0 Å². The van der Waals surface area contributed by atoms with Crippen molar-refractivity contribution in [2.45, 2.75) is 25.9 Å². The Morgan fingerprint density at radius 2 is 1.69 bits per heavy atom. The number of aryl methyl sites for hydroxylation is 1. The van der Waals surface area contributed by atoms with Gasteiger partial charge < -0.3 is 14.7 Å². The average Bonchev–Trinajstić information content (AvgIpc) is 2.63. The number of carbonyl (C=O) groups is 2. The minimum Gasteiger partial charge on any atom is -0.490 e. The lowest BCUT2D eigenvalue weighted by molar-refractivity contribution is 0.0595. The third-order valence-electron chi connectivity index (χ3n) is 4.42. The SMILES string of the molecule is Cc1cc(C(=O)O)cc(C(=O)N2CCC(Oc3ccc(F)cc3)CC2)c1. The number of carboxylic acid groups (broad SMARTS) is 1. The van der Waals surface area contributed by atoms with Crippen molar-refractivity contribution in [3.63, 3.8) is 0 Å². The molecule has 0 bridgehead atoms. The molecule has 0 unspecified atom stereocenters. The molecule has 3 rings (SSSR count). The second-order valence-electron chi connectivity index (χ2n) is 6.46. The van der Waals surface area contributed by atoms with Crippen molar-refractivity contribution in [2.75, 3.05) is 13.1 Å². The van der Waals surface area contributed by atoms with Crippen molar-refractivity contribution in [1.82, 2.24) is 4.90 Å². The topological polar surface area (TPSA) is 66.8 Å². The number of benzene rings is 2. The number of hydrogen-bond donors (Lipinski definition) is 1. The van der Waals surface area contributed by atoms with E-state index in [-0.39, 0.29) is 23.4 Å². The highest BCUT2D eigenvalue weighted by Gasteiger charge is 2.25. The maximum atomic E-state index is 12.9. The van der Waals surface area contributed by atoms with Gasteiger partial charge in [0.05, 0.1) is 5.56 Å². The number of aromatic carboxylic acids is 1. The molecule has 1 amide bonds. The third kappa shape index (κ3) is 4.20. The van der Waals surface area contributed by atoms with Gasteiger partial charge in [-0.15, -0.1) is 0 Å². The summed E-state index contributed by atoms with van der Waals surface area (Å²) in [4.78, 5) is 25.6. The molecule has 2 aromatic rings. The monoisotopic (exact) mass is 357 g/mol. The number of rotatable bonds is 4. The van der Waals surface area contributed by atoms with Crippen LogP contribution < -0.4 is 4.74 Å². The molecule has 0 spiro atoms. The smallest absolute Gasteiger partial charge is 0.335 e. The minimum absolute atomic E-state index is 0.0309. The van der Waals surface area contributed by atoms with Gasteiger partial charge in [0.1, 0.15) is 17.7 Å². The number of amides is 1. The van der Waals surface area contributed by atoms with Gasteiger partial charge in [-0.3, -0.25) is 4.79 Å². The van der Waals surface area contributed by atoms with Crippen molar-refractivity contribution < 1.29 is 23.8 Å². The Morgan fingerprint density at radius 1 is 1.08 bits per heavy atom. The standard InChI is InChI=1S/C20H20FNO4/c1-13-10-14(12-15(11-13)20(24)25)19(23)22-8-6-18(7-9-22)26-17-4-2-16(21)3-5-17/h2-5,10-12,18H,6-9H2,1H3,(H,24,25). The highest BCUT2D eigenvalue weighted by Crippen LogP contribution is 2.21. The first kappa shape index (κ1) is 17.9. The van der Waals surface area contributed by atoms with Crippen molar-refractivity contribution in [3.8, 4) is 5.75 Å². The maximum Gasteiger partial charge on any atom is 0.335 e. The Balaban J connectivity index is 1.61. The fourth-order valence-corrected chi connectivity index (χ4v) is 3.09. The van der Waals surface area contributed by atoms with Gasteiger partial charge in [0, 0.05) is 31.5 Å². The number of carbonyl (C=O) groups excluding carboxylic acids is 1. The molecule has 1 fully saturated rings. The van der Waals surface area contributed by atoms with E-state index in [1.165, 1.54) is 18.2 Å². The van der Waals surface area contributed by atoms with E-state index in [4.69, 9.17) is 9.84 Å². The number of likely N-dealkylation sites (tertiary alicyclic amines) is 1. The number of nitrogens with zero attached hydrogens (tertiary/aromatic N) is 1. The van der Waals surface area contributed by atoms with Gasteiger partial charge in [0.25, 0.3) is 5.91 Å². The predicted octanol–water partition coefficient (Wildman–Crippen LogP) is 3.52. The molecule has 0 saturated carbocycles. The Labute approximate surface area is 151 Å². The Hall–Kier alpha value is -2.89. The van der Waals surface area contributed by atoms with Gasteiger partial charge in [-0.2, -0.15) is 0 Å². The van der Waals surface area contributed by atoms with E-state index in [0.717, 1.165) is 5.56 Å². The Bertz CT molecular complexity index is 811. The van der Waals surface area contributed by atoms with Crippen LogP contribution >= 0.6 is 0 Å². The summed E-state index contributed by atoms with van der Waals surface area (Å²) in [5, 5.41) is 9.15. The molecular formula is C20H20FNO4. The molecular weight excluding hydrogens is 337 g/mol. The fraction of sp³-hybridized carbons (Fsp3) is 0.300. The lowest BCUT2D eigenvalue weighted by Gasteiger charge is -2.32. The van der Waals surface area contributed by atoms with Gasteiger partial charge in [-0.05, 0) is 55.0 Å². The first-order chi connectivity index (χ1) is 12.4. The van der Waals surface area contributed by atoms with Gasteiger partial charge in [-0.25, -0.2) is 9.18 Å². The lowest BCUT2D eigenvalue weighted by Crippen LogP contribution is -2.41. The van der Waals surface area contributed by atoms with E-state index in [0.29, 0.717) is 37.2 Å². The number of carboxylic acids is 1. The Morgan fingerprint density at radius 3 is 2.31 bits per heavy atom. The first-order valence-corrected chi connectivity index (χ1v) is 8.49. The molecule has 2 aromatic carbocycles. The van der Waals surface area contributed by atoms with Crippen LogP contribution in [-0.2, 0) is 0 Å². The van der Waals surface area contributed by atoms with Crippen LogP contribution in [0, 0.1) is 12.7 Å². The summed E-state index contributed by atoms with van der Waals surface area (Å²) in [5.41, 5.74) is 1.24. The van der Waals surface area contributed by atoms with Crippen molar-refractivity contribution in [3.05, 3.63) is 65.0 Å². The van der Waals surface area contributed by atoms with Crippen LogP contribution in [0.1, 0.15) is 39.1 Å². The molecule has 1 saturated heterocycles. The van der Waals surface area contributed by atoms with E-state index < -0.39 is 5.97 Å². The molecule has 0 aromatic heterocycles. The molecule has 0 atom stereocenters. The quantitative estimate of drug-likeness (QED) is 0.909. The van der Waals surface area contributed by atoms with Gasteiger partial charge >= 0.3 is 5.97 Å². The molecule has 26 heavy (non-hydrogen) atoms. The number of hydrogen-bond acceptors (Lipinski definition) is 3. The number of ether oxygens (including phenoxy) is 1.